The average molecular weight is 253 g/mol. The van der Waals surface area contributed by atoms with Gasteiger partial charge in [-0.25, -0.2) is 0 Å². The van der Waals surface area contributed by atoms with E-state index in [2.05, 4.69) is 11.9 Å². The van der Waals surface area contributed by atoms with Crippen molar-refractivity contribution in [2.45, 2.75) is 26.2 Å². The fourth-order valence-electron chi connectivity index (χ4n) is 2.34. The molecule has 1 atom stereocenters. The molecule has 1 aliphatic rings. The molecule has 2 rings (SSSR count). The van der Waals surface area contributed by atoms with Crippen LogP contribution >= 0.6 is 11.6 Å². The lowest BCUT2D eigenvalue weighted by Gasteiger charge is -2.15. The van der Waals surface area contributed by atoms with E-state index in [0.29, 0.717) is 16.6 Å². The van der Waals surface area contributed by atoms with Crippen LogP contribution in [-0.2, 0) is 0 Å². The zero-order valence-electron chi connectivity index (χ0n) is 10.0. The molecular formula is C13H17ClN2O. The molecule has 1 aromatic heterocycles. The molecule has 0 bridgehead atoms. The predicted molar refractivity (Wildman–Crippen MR) is 68.2 cm³/mol. The number of nitrogens with zero attached hydrogens (tertiary/aromatic N) is 2. The van der Waals surface area contributed by atoms with Crippen LogP contribution < -0.4 is 0 Å². The summed E-state index contributed by atoms with van der Waals surface area (Å²) >= 11 is 5.86. The van der Waals surface area contributed by atoms with Gasteiger partial charge in [-0.1, -0.05) is 24.9 Å². The number of carbonyl (C=O) groups excluding carboxylic acids is 1. The Hall–Kier alpha value is -1.09. The van der Waals surface area contributed by atoms with Gasteiger partial charge in [0.25, 0.3) is 5.91 Å². The van der Waals surface area contributed by atoms with Gasteiger partial charge < -0.3 is 4.90 Å². The normalized spacial score (nSPS) is 19.6. The second-order valence-electron chi connectivity index (χ2n) is 4.55. The minimum absolute atomic E-state index is 0.00565. The molecule has 17 heavy (non-hydrogen) atoms. The van der Waals surface area contributed by atoms with E-state index in [9.17, 15) is 4.79 Å². The van der Waals surface area contributed by atoms with Crippen LogP contribution in [0.5, 0.6) is 0 Å². The number of rotatable bonds is 3. The maximum atomic E-state index is 12.2. The monoisotopic (exact) mass is 252 g/mol. The Balaban J connectivity index is 2.02. The van der Waals surface area contributed by atoms with E-state index < -0.39 is 0 Å². The summed E-state index contributed by atoms with van der Waals surface area (Å²) in [5.41, 5.74) is 0.453. The molecule has 0 aromatic carbocycles. The number of carbonyl (C=O) groups is 1. The molecule has 1 aliphatic heterocycles. The predicted octanol–water partition coefficient (Wildman–Crippen LogP) is 3.00. The quantitative estimate of drug-likeness (QED) is 0.829. The molecule has 3 nitrogen and oxygen atoms in total. The molecule has 2 heterocycles. The van der Waals surface area contributed by atoms with E-state index in [1.54, 1.807) is 18.3 Å². The summed E-state index contributed by atoms with van der Waals surface area (Å²) in [6.45, 7) is 3.89. The van der Waals surface area contributed by atoms with E-state index in [4.69, 9.17) is 11.6 Å². The summed E-state index contributed by atoms with van der Waals surface area (Å²) in [6.07, 6.45) is 5.07. The van der Waals surface area contributed by atoms with E-state index in [1.165, 1.54) is 12.8 Å². The van der Waals surface area contributed by atoms with Gasteiger partial charge in [0, 0.05) is 24.3 Å². The lowest BCUT2D eigenvalue weighted by atomic mass is 10.0. The topological polar surface area (TPSA) is 33.2 Å². The summed E-state index contributed by atoms with van der Waals surface area (Å²) in [7, 11) is 0. The fraction of sp³-hybridized carbons (Fsp3) is 0.538. The maximum absolute atomic E-state index is 12.2. The Labute approximate surface area is 107 Å². The molecule has 1 fully saturated rings. The molecule has 0 aliphatic carbocycles. The molecule has 1 saturated heterocycles. The first-order valence-corrected chi connectivity index (χ1v) is 6.49. The fourth-order valence-corrected chi connectivity index (χ4v) is 2.50. The van der Waals surface area contributed by atoms with Crippen molar-refractivity contribution in [3.63, 3.8) is 0 Å². The summed E-state index contributed by atoms with van der Waals surface area (Å²) in [4.78, 5) is 18.1. The molecular weight excluding hydrogens is 236 g/mol. The average Bonchev–Trinajstić information content (AvgIpc) is 2.77. The van der Waals surface area contributed by atoms with Crippen LogP contribution in [0.2, 0.25) is 5.02 Å². The second kappa shape index (κ2) is 5.50. The Morgan fingerprint density at radius 2 is 2.47 bits per heavy atom. The van der Waals surface area contributed by atoms with Crippen LogP contribution in [0.3, 0.4) is 0 Å². The zero-order chi connectivity index (χ0) is 12.3. The molecule has 0 N–H and O–H groups in total. The molecule has 0 spiro atoms. The van der Waals surface area contributed by atoms with E-state index in [0.717, 1.165) is 19.5 Å². The van der Waals surface area contributed by atoms with E-state index >= 15 is 0 Å². The lowest BCUT2D eigenvalue weighted by molar-refractivity contribution is 0.0780. The highest BCUT2D eigenvalue weighted by atomic mass is 35.5. The van der Waals surface area contributed by atoms with Gasteiger partial charge in [0.15, 0.2) is 0 Å². The van der Waals surface area contributed by atoms with Crippen LogP contribution in [0.1, 0.15) is 36.7 Å². The molecule has 92 valence electrons. The van der Waals surface area contributed by atoms with Gasteiger partial charge in [-0.3, -0.25) is 9.78 Å². The third kappa shape index (κ3) is 2.97. The molecule has 1 aromatic rings. The summed E-state index contributed by atoms with van der Waals surface area (Å²) < 4.78 is 0. The lowest BCUT2D eigenvalue weighted by Crippen LogP contribution is -2.29. The van der Waals surface area contributed by atoms with E-state index in [-0.39, 0.29) is 5.91 Å². The summed E-state index contributed by atoms with van der Waals surface area (Å²) in [5, 5.41) is 0.563. The minimum Gasteiger partial charge on any atom is -0.337 e. The first-order chi connectivity index (χ1) is 8.20. The van der Waals surface area contributed by atoms with Crippen molar-refractivity contribution >= 4 is 17.5 Å². The Kier molecular flexibility index (Phi) is 4.00. The molecule has 1 unspecified atom stereocenters. The highest BCUT2D eigenvalue weighted by Gasteiger charge is 2.26. The van der Waals surface area contributed by atoms with Crippen molar-refractivity contribution in [2.75, 3.05) is 13.1 Å². The van der Waals surface area contributed by atoms with Crippen molar-refractivity contribution in [3.8, 4) is 0 Å². The number of aromatic nitrogens is 1. The SMILES string of the molecule is CCCC1CCN(C(=O)c2cc(Cl)ccn2)C1. The maximum Gasteiger partial charge on any atom is 0.272 e. The molecule has 0 saturated carbocycles. The number of pyridine rings is 1. The van der Waals surface area contributed by atoms with Gasteiger partial charge in [-0.05, 0) is 30.9 Å². The highest BCUT2D eigenvalue weighted by molar-refractivity contribution is 6.30. The third-order valence-corrected chi connectivity index (χ3v) is 3.45. The number of likely N-dealkylation sites (tertiary alicyclic amines) is 1. The van der Waals surface area contributed by atoms with Crippen LogP contribution in [0.25, 0.3) is 0 Å². The molecule has 4 heteroatoms. The largest absolute Gasteiger partial charge is 0.337 e. The van der Waals surface area contributed by atoms with Crippen LogP contribution in [0.15, 0.2) is 18.3 Å². The summed E-state index contributed by atoms with van der Waals surface area (Å²) in [5.74, 6) is 0.661. The first kappa shape index (κ1) is 12.4. The van der Waals surface area contributed by atoms with Crippen molar-refractivity contribution in [1.29, 1.82) is 0 Å². The first-order valence-electron chi connectivity index (χ1n) is 6.11. The smallest absolute Gasteiger partial charge is 0.272 e. The second-order valence-corrected chi connectivity index (χ2v) is 4.99. The van der Waals surface area contributed by atoms with Gasteiger partial charge in [0.05, 0.1) is 0 Å². The Morgan fingerprint density at radius 3 is 3.18 bits per heavy atom. The molecule has 0 radical (unpaired) electrons. The van der Waals surface area contributed by atoms with Crippen LogP contribution in [-0.4, -0.2) is 28.9 Å². The van der Waals surface area contributed by atoms with Gasteiger partial charge >= 0.3 is 0 Å². The standard InChI is InChI=1S/C13H17ClN2O/c1-2-3-10-5-7-16(9-10)13(17)12-8-11(14)4-6-15-12/h4,6,8,10H,2-3,5,7,9H2,1H3. The number of hydrogen-bond acceptors (Lipinski definition) is 2. The van der Waals surface area contributed by atoms with Crippen LogP contribution in [0.4, 0.5) is 0 Å². The van der Waals surface area contributed by atoms with Gasteiger partial charge in [0.2, 0.25) is 0 Å². The van der Waals surface area contributed by atoms with Gasteiger partial charge in [0.1, 0.15) is 5.69 Å². The van der Waals surface area contributed by atoms with Crippen molar-refractivity contribution < 1.29 is 4.79 Å². The van der Waals surface area contributed by atoms with Crippen molar-refractivity contribution in [3.05, 3.63) is 29.0 Å². The number of hydrogen-bond donors (Lipinski definition) is 0. The van der Waals surface area contributed by atoms with Crippen LogP contribution in [0, 0.1) is 5.92 Å². The van der Waals surface area contributed by atoms with Gasteiger partial charge in [-0.2, -0.15) is 0 Å². The number of amides is 1. The summed E-state index contributed by atoms with van der Waals surface area (Å²) in [6, 6.07) is 3.32. The highest BCUT2D eigenvalue weighted by Crippen LogP contribution is 2.22. The molecule has 1 amide bonds. The Bertz CT molecular complexity index is 408. The third-order valence-electron chi connectivity index (χ3n) is 3.21. The number of halogens is 1. The zero-order valence-corrected chi connectivity index (χ0v) is 10.8. The van der Waals surface area contributed by atoms with E-state index in [1.807, 2.05) is 4.90 Å². The van der Waals surface area contributed by atoms with Gasteiger partial charge in [-0.15, -0.1) is 0 Å². The Morgan fingerprint density at radius 1 is 1.65 bits per heavy atom. The van der Waals surface area contributed by atoms with Crippen molar-refractivity contribution in [2.24, 2.45) is 5.92 Å². The minimum atomic E-state index is 0.00565. The van der Waals surface area contributed by atoms with Crippen molar-refractivity contribution in [1.82, 2.24) is 9.88 Å².